The van der Waals surface area contributed by atoms with Crippen LogP contribution in [0, 0.1) is 0 Å². The second-order valence-electron chi connectivity index (χ2n) is 5.36. The molecule has 0 amide bonds. The van der Waals surface area contributed by atoms with E-state index in [0.29, 0.717) is 5.92 Å². The van der Waals surface area contributed by atoms with Gasteiger partial charge in [-0.15, -0.1) is 0 Å². The normalized spacial score (nSPS) is 12.5. The minimum absolute atomic E-state index is 0.579. The summed E-state index contributed by atoms with van der Waals surface area (Å²) in [4.78, 5) is 4.27. The molecule has 1 atom stereocenters. The topological polar surface area (TPSA) is 29.9 Å². The minimum atomic E-state index is 0.579. The zero-order chi connectivity index (χ0) is 14.2. The second kappa shape index (κ2) is 7.85. The quantitative estimate of drug-likeness (QED) is 0.744. The van der Waals surface area contributed by atoms with Crippen LogP contribution in [-0.2, 0) is 13.1 Å². The molecule has 3 nitrogen and oxygen atoms in total. The Hall–Kier alpha value is -1.61. The van der Waals surface area contributed by atoms with Crippen molar-refractivity contribution >= 4 is 0 Å². The van der Waals surface area contributed by atoms with E-state index in [1.165, 1.54) is 17.7 Å². The first-order valence-electron chi connectivity index (χ1n) is 7.56. The van der Waals surface area contributed by atoms with E-state index in [1.54, 1.807) is 0 Å². The average molecular weight is 271 g/mol. The molecule has 1 aromatic carbocycles. The van der Waals surface area contributed by atoms with Crippen LogP contribution in [0.25, 0.3) is 0 Å². The smallest absolute Gasteiger partial charge is 0.0948 e. The van der Waals surface area contributed by atoms with Gasteiger partial charge in [-0.05, 0) is 30.9 Å². The van der Waals surface area contributed by atoms with Gasteiger partial charge in [0.05, 0.1) is 12.0 Å². The molecule has 0 saturated carbocycles. The average Bonchev–Trinajstić information content (AvgIpc) is 2.93. The van der Waals surface area contributed by atoms with E-state index < -0.39 is 0 Å². The Morgan fingerprint density at radius 1 is 1.25 bits per heavy atom. The fourth-order valence-electron chi connectivity index (χ4n) is 2.37. The Morgan fingerprint density at radius 3 is 2.80 bits per heavy atom. The van der Waals surface area contributed by atoms with Gasteiger partial charge < -0.3 is 9.88 Å². The van der Waals surface area contributed by atoms with E-state index in [-0.39, 0.29) is 0 Å². The van der Waals surface area contributed by atoms with E-state index in [1.807, 2.05) is 12.5 Å². The molecule has 0 aliphatic heterocycles. The Kier molecular flexibility index (Phi) is 5.81. The lowest BCUT2D eigenvalue weighted by Gasteiger charge is -2.14. The monoisotopic (exact) mass is 271 g/mol. The molecule has 3 heteroatoms. The lowest BCUT2D eigenvalue weighted by atomic mass is 9.98. The number of imidazole rings is 1. The van der Waals surface area contributed by atoms with Gasteiger partial charge in [0.15, 0.2) is 0 Å². The van der Waals surface area contributed by atoms with E-state index in [9.17, 15) is 0 Å². The zero-order valence-corrected chi connectivity index (χ0v) is 12.5. The molecule has 0 radical (unpaired) electrons. The summed E-state index contributed by atoms with van der Waals surface area (Å²) in [6, 6.07) is 10.7. The first-order valence-corrected chi connectivity index (χ1v) is 7.56. The summed E-state index contributed by atoms with van der Waals surface area (Å²) >= 11 is 0. The predicted octanol–water partition coefficient (Wildman–Crippen LogP) is 3.58. The summed E-state index contributed by atoms with van der Waals surface area (Å²) in [5.74, 6) is 0.579. The third-order valence-electron chi connectivity index (χ3n) is 3.70. The van der Waals surface area contributed by atoms with Crippen LogP contribution in [0.1, 0.15) is 43.9 Å². The number of benzene rings is 1. The summed E-state index contributed by atoms with van der Waals surface area (Å²) in [5.41, 5.74) is 2.69. The van der Waals surface area contributed by atoms with Gasteiger partial charge in [-0.3, -0.25) is 0 Å². The Labute approximate surface area is 122 Å². The van der Waals surface area contributed by atoms with E-state index >= 15 is 0 Å². The van der Waals surface area contributed by atoms with Crippen molar-refractivity contribution in [2.75, 3.05) is 6.54 Å². The molecule has 2 aromatic rings. The highest BCUT2D eigenvalue weighted by Crippen LogP contribution is 2.19. The van der Waals surface area contributed by atoms with Crippen LogP contribution in [-0.4, -0.2) is 16.1 Å². The summed E-state index contributed by atoms with van der Waals surface area (Å²) in [5, 5.41) is 3.44. The Balaban J connectivity index is 1.86. The van der Waals surface area contributed by atoms with Crippen LogP contribution in [0.3, 0.4) is 0 Å². The molecule has 0 saturated heterocycles. The molecule has 1 unspecified atom stereocenters. The van der Waals surface area contributed by atoms with Gasteiger partial charge in [0, 0.05) is 19.3 Å². The first kappa shape index (κ1) is 14.8. The third-order valence-corrected chi connectivity index (χ3v) is 3.70. The fraction of sp³-hybridized carbons (Fsp3) is 0.471. The molecule has 1 N–H and O–H groups in total. The summed E-state index contributed by atoms with van der Waals surface area (Å²) < 4.78 is 2.27. The van der Waals surface area contributed by atoms with Crippen LogP contribution < -0.4 is 5.32 Å². The zero-order valence-electron chi connectivity index (χ0n) is 12.5. The van der Waals surface area contributed by atoms with Crippen LogP contribution in [0.2, 0.25) is 0 Å². The van der Waals surface area contributed by atoms with Crippen molar-refractivity contribution in [2.45, 2.75) is 45.7 Å². The van der Waals surface area contributed by atoms with Crippen LogP contribution in [0.5, 0.6) is 0 Å². The van der Waals surface area contributed by atoms with E-state index in [0.717, 1.165) is 26.1 Å². The molecule has 0 aliphatic rings. The predicted molar refractivity (Wildman–Crippen MR) is 83.7 cm³/mol. The van der Waals surface area contributed by atoms with Gasteiger partial charge in [0.2, 0.25) is 0 Å². The number of nitrogens with one attached hydrogen (secondary N) is 1. The summed E-state index contributed by atoms with van der Waals surface area (Å²) in [7, 11) is 0. The van der Waals surface area contributed by atoms with Crippen LogP contribution >= 0.6 is 0 Å². The van der Waals surface area contributed by atoms with Gasteiger partial charge in [0.1, 0.15) is 0 Å². The van der Waals surface area contributed by atoms with Crippen molar-refractivity contribution in [3.05, 3.63) is 54.1 Å². The number of hydrogen-bond donors (Lipinski definition) is 1. The molecule has 1 heterocycles. The lowest BCUT2D eigenvalue weighted by Crippen LogP contribution is -2.17. The molecule has 2 rings (SSSR count). The van der Waals surface area contributed by atoms with Gasteiger partial charge >= 0.3 is 0 Å². The van der Waals surface area contributed by atoms with Crippen molar-refractivity contribution in [1.82, 2.24) is 14.9 Å². The van der Waals surface area contributed by atoms with Crippen molar-refractivity contribution < 1.29 is 0 Å². The van der Waals surface area contributed by atoms with Gasteiger partial charge in [0.25, 0.3) is 0 Å². The van der Waals surface area contributed by atoms with Crippen LogP contribution in [0.4, 0.5) is 0 Å². The molecule has 0 spiro atoms. The highest BCUT2D eigenvalue weighted by molar-refractivity contribution is 5.18. The maximum atomic E-state index is 4.27. The van der Waals surface area contributed by atoms with Crippen molar-refractivity contribution in [1.29, 1.82) is 0 Å². The lowest BCUT2D eigenvalue weighted by molar-refractivity contribution is 0.546. The molecule has 0 bridgehead atoms. The van der Waals surface area contributed by atoms with Crippen LogP contribution in [0.15, 0.2) is 42.9 Å². The minimum Gasteiger partial charge on any atom is -0.333 e. The number of hydrogen-bond acceptors (Lipinski definition) is 2. The van der Waals surface area contributed by atoms with Gasteiger partial charge in [-0.1, -0.05) is 44.2 Å². The molecule has 1 aromatic heterocycles. The third kappa shape index (κ3) is 4.20. The first-order chi connectivity index (χ1) is 9.81. The molecular weight excluding hydrogens is 246 g/mol. The van der Waals surface area contributed by atoms with Crippen molar-refractivity contribution in [3.8, 4) is 0 Å². The molecular formula is C17H25N3. The largest absolute Gasteiger partial charge is 0.333 e. The Morgan fingerprint density at radius 2 is 2.05 bits per heavy atom. The van der Waals surface area contributed by atoms with Gasteiger partial charge in [-0.25, -0.2) is 4.98 Å². The highest BCUT2D eigenvalue weighted by atomic mass is 15.1. The number of aryl methyl sites for hydroxylation is 1. The van der Waals surface area contributed by atoms with E-state index in [2.05, 4.69) is 59.0 Å². The summed E-state index contributed by atoms with van der Waals surface area (Å²) in [6.45, 7) is 7.48. The molecule has 108 valence electrons. The highest BCUT2D eigenvalue weighted by Gasteiger charge is 2.07. The maximum Gasteiger partial charge on any atom is 0.0948 e. The number of nitrogens with zero attached hydrogens (tertiary/aromatic N) is 2. The van der Waals surface area contributed by atoms with Crippen molar-refractivity contribution in [2.24, 2.45) is 0 Å². The summed E-state index contributed by atoms with van der Waals surface area (Å²) in [6.07, 6.45) is 6.22. The Bertz CT molecular complexity index is 490. The fourth-order valence-corrected chi connectivity index (χ4v) is 2.37. The standard InChI is InChI=1S/C17H25N3/c1-3-10-18-12-17-13-19-14-20(17)11-9-15(2)16-7-5-4-6-8-16/h4-8,13-15,18H,3,9-12H2,1-2H3. The number of aromatic nitrogens is 2. The SMILES string of the molecule is CCCNCc1cncn1CCC(C)c1ccccc1. The second-order valence-corrected chi connectivity index (χ2v) is 5.36. The maximum absolute atomic E-state index is 4.27. The molecule has 0 fully saturated rings. The molecule has 20 heavy (non-hydrogen) atoms. The number of rotatable bonds is 8. The molecule has 0 aliphatic carbocycles. The van der Waals surface area contributed by atoms with E-state index in [4.69, 9.17) is 0 Å². The van der Waals surface area contributed by atoms with Gasteiger partial charge in [-0.2, -0.15) is 0 Å². The van der Waals surface area contributed by atoms with Crippen molar-refractivity contribution in [3.63, 3.8) is 0 Å².